The molecule has 45 heavy (non-hydrogen) atoms. The fourth-order valence-electron chi connectivity index (χ4n) is 11.3. The molecule has 2 bridgehead atoms. The molecule has 0 radical (unpaired) electrons. The molecule has 9 rings (SSSR count). The largest absolute Gasteiger partial charge is 0.459 e. The number of hydrogen-bond acceptors (Lipinski definition) is 7. The number of hydrogen-bond donors (Lipinski definition) is 2. The minimum atomic E-state index is -0.887. The number of piperazine rings is 1. The number of aliphatic hydroxyl groups is 2. The van der Waals surface area contributed by atoms with Crippen LogP contribution in [0.1, 0.15) is 83.9 Å². The van der Waals surface area contributed by atoms with E-state index in [1.54, 1.807) is 23.5 Å². The fraction of sp³-hybridized carbons (Fsp3) is 0.622. The van der Waals surface area contributed by atoms with Crippen molar-refractivity contribution in [2.75, 3.05) is 32.7 Å². The van der Waals surface area contributed by atoms with Crippen LogP contribution in [0.3, 0.4) is 0 Å². The number of allylic oxidation sites excluding steroid dienone is 4. The van der Waals surface area contributed by atoms with E-state index < -0.39 is 11.0 Å². The topological polar surface area (TPSA) is 94.2 Å². The van der Waals surface area contributed by atoms with Crippen molar-refractivity contribution in [3.05, 3.63) is 69.8 Å². The van der Waals surface area contributed by atoms with Crippen LogP contribution in [0.15, 0.2) is 58.7 Å². The van der Waals surface area contributed by atoms with E-state index in [0.29, 0.717) is 57.2 Å². The maximum atomic E-state index is 14.6. The number of fused-ring (bicyclic) bond motifs is 1. The van der Waals surface area contributed by atoms with Crippen LogP contribution in [-0.2, 0) is 0 Å². The summed E-state index contributed by atoms with van der Waals surface area (Å²) in [5.74, 6) is 0.878. The van der Waals surface area contributed by atoms with Crippen molar-refractivity contribution in [1.29, 1.82) is 0 Å². The fourth-order valence-corrected chi connectivity index (χ4v) is 12.1. The zero-order valence-corrected chi connectivity index (χ0v) is 27.6. The first kappa shape index (κ1) is 29.9. The SMILES string of the molecule is Cc1ccc(C(=O)C2=CC34C=CC25C(CCC2(C)C5CCC2(O)CN2CCN(C(=O)c5ccco5)CC2)C3(C)CCC(O)C4)s1. The molecule has 0 aromatic carbocycles. The molecule has 4 fully saturated rings. The molecule has 6 aliphatic carbocycles. The maximum absolute atomic E-state index is 14.6. The molecular weight excluding hydrogens is 584 g/mol. The standard InChI is InChI=1S/C37H46N2O5S/c1-24-6-7-28(45-24)31(41)26-22-35-14-15-37(26)29(33(35,2)11-8-25(40)21-35)9-12-34(3)30(37)10-13-36(34,43)23-38-16-18-39(19-17-38)32(42)27-5-4-20-44-27/h4-7,14-15,20,22,25,29-30,40,43H,8-13,16-19,21,23H2,1-3H3. The Bertz CT molecular complexity index is 1590. The van der Waals surface area contributed by atoms with E-state index in [2.05, 4.69) is 43.9 Å². The number of ketones is 1. The van der Waals surface area contributed by atoms with Gasteiger partial charge in [0.15, 0.2) is 11.5 Å². The van der Waals surface area contributed by atoms with Crippen LogP contribution >= 0.6 is 11.3 Å². The molecule has 2 spiro atoms. The number of aryl methyl sites for hydroxylation is 1. The zero-order valence-electron chi connectivity index (χ0n) is 26.8. The molecule has 8 unspecified atom stereocenters. The van der Waals surface area contributed by atoms with E-state index in [9.17, 15) is 19.8 Å². The summed E-state index contributed by atoms with van der Waals surface area (Å²) in [6, 6.07) is 7.48. The Morgan fingerprint density at radius 3 is 2.42 bits per heavy atom. The summed E-state index contributed by atoms with van der Waals surface area (Å²) < 4.78 is 5.35. The van der Waals surface area contributed by atoms with Crippen LogP contribution in [0.25, 0.3) is 0 Å². The predicted octanol–water partition coefficient (Wildman–Crippen LogP) is 5.88. The van der Waals surface area contributed by atoms with E-state index in [1.165, 1.54) is 6.26 Å². The highest BCUT2D eigenvalue weighted by molar-refractivity contribution is 7.14. The molecule has 1 aliphatic heterocycles. The van der Waals surface area contributed by atoms with E-state index in [0.717, 1.165) is 47.4 Å². The molecule has 7 nitrogen and oxygen atoms in total. The average Bonchev–Trinajstić information content (AvgIpc) is 3.77. The van der Waals surface area contributed by atoms with Gasteiger partial charge in [-0.05, 0) is 93.4 Å². The molecule has 7 aliphatic rings. The Kier molecular flexibility index (Phi) is 6.63. The van der Waals surface area contributed by atoms with Crippen molar-refractivity contribution >= 4 is 23.0 Å². The lowest BCUT2D eigenvalue weighted by molar-refractivity contribution is -0.176. The number of β-amino-alcohol motifs (C(OH)–C–C–N with tert-alkyl or cyclic N) is 1. The van der Waals surface area contributed by atoms with Gasteiger partial charge < -0.3 is 19.5 Å². The molecule has 8 heteroatoms. The third kappa shape index (κ3) is 3.98. The Balaban J connectivity index is 1.12. The van der Waals surface area contributed by atoms with E-state index in [-0.39, 0.29) is 40.0 Å². The number of nitrogens with zero attached hydrogens (tertiary/aromatic N) is 2. The number of rotatable bonds is 5. The van der Waals surface area contributed by atoms with Gasteiger partial charge in [-0.1, -0.05) is 32.1 Å². The van der Waals surface area contributed by atoms with Crippen LogP contribution < -0.4 is 0 Å². The minimum Gasteiger partial charge on any atom is -0.459 e. The maximum Gasteiger partial charge on any atom is 0.289 e. The van der Waals surface area contributed by atoms with Gasteiger partial charge in [0.1, 0.15) is 0 Å². The zero-order chi connectivity index (χ0) is 31.4. The van der Waals surface area contributed by atoms with Crippen molar-refractivity contribution in [3.8, 4) is 0 Å². The third-order valence-corrected chi connectivity index (χ3v) is 14.8. The average molecular weight is 631 g/mol. The Hall–Kier alpha value is -2.52. The summed E-state index contributed by atoms with van der Waals surface area (Å²) in [6.07, 6.45) is 14.2. The lowest BCUT2D eigenvalue weighted by atomic mass is 9.32. The second kappa shape index (κ2) is 9.99. The van der Waals surface area contributed by atoms with Gasteiger partial charge in [-0.15, -0.1) is 11.3 Å². The second-order valence-corrected chi connectivity index (χ2v) is 16.9. The van der Waals surface area contributed by atoms with E-state index in [4.69, 9.17) is 4.42 Å². The first-order valence-corrected chi connectivity index (χ1v) is 17.8. The smallest absolute Gasteiger partial charge is 0.289 e. The highest BCUT2D eigenvalue weighted by Crippen LogP contribution is 2.78. The van der Waals surface area contributed by atoms with E-state index in [1.807, 2.05) is 17.0 Å². The van der Waals surface area contributed by atoms with Crippen LogP contribution in [0.5, 0.6) is 0 Å². The van der Waals surface area contributed by atoms with Crippen LogP contribution in [0, 0.1) is 40.4 Å². The van der Waals surface area contributed by atoms with Gasteiger partial charge in [-0.2, -0.15) is 0 Å². The molecule has 8 atom stereocenters. The predicted molar refractivity (Wildman–Crippen MR) is 173 cm³/mol. The minimum absolute atomic E-state index is 0.0327. The summed E-state index contributed by atoms with van der Waals surface area (Å²) >= 11 is 1.57. The first-order chi connectivity index (χ1) is 21.4. The van der Waals surface area contributed by atoms with Gasteiger partial charge in [0.25, 0.3) is 5.91 Å². The highest BCUT2D eigenvalue weighted by atomic mass is 32.1. The molecule has 2 aromatic heterocycles. The molecule has 3 saturated carbocycles. The van der Waals surface area contributed by atoms with Crippen molar-refractivity contribution in [1.82, 2.24) is 9.80 Å². The molecule has 1 saturated heterocycles. The molecule has 3 heterocycles. The van der Waals surface area contributed by atoms with Gasteiger partial charge in [0, 0.05) is 59.4 Å². The van der Waals surface area contributed by atoms with Crippen molar-refractivity contribution in [3.63, 3.8) is 0 Å². The normalized spacial score (nSPS) is 42.2. The highest BCUT2D eigenvalue weighted by Gasteiger charge is 2.74. The lowest BCUT2D eigenvalue weighted by Crippen LogP contribution is -2.67. The van der Waals surface area contributed by atoms with Gasteiger partial charge in [-0.3, -0.25) is 14.5 Å². The number of carbonyl (C=O) groups excluding carboxylic acids is 2. The molecule has 1 amide bonds. The van der Waals surface area contributed by atoms with Crippen LogP contribution in [0.2, 0.25) is 0 Å². The second-order valence-electron chi connectivity index (χ2n) is 15.6. The third-order valence-electron chi connectivity index (χ3n) is 13.8. The molecular formula is C37H46N2O5S. The number of thiophene rings is 1. The summed E-state index contributed by atoms with van der Waals surface area (Å²) in [4.78, 5) is 33.6. The van der Waals surface area contributed by atoms with Crippen molar-refractivity contribution in [2.45, 2.75) is 77.4 Å². The molecule has 2 aromatic rings. The van der Waals surface area contributed by atoms with Crippen LogP contribution in [0.4, 0.5) is 0 Å². The summed E-state index contributed by atoms with van der Waals surface area (Å²) in [6.45, 7) is 10.0. The van der Waals surface area contributed by atoms with Gasteiger partial charge >= 0.3 is 0 Å². The number of amides is 1. The summed E-state index contributed by atoms with van der Waals surface area (Å²) in [5, 5.41) is 23.6. The Labute approximate surface area is 270 Å². The van der Waals surface area contributed by atoms with Gasteiger partial charge in [0.2, 0.25) is 0 Å². The molecule has 240 valence electrons. The van der Waals surface area contributed by atoms with Gasteiger partial charge in [-0.25, -0.2) is 0 Å². The number of aliphatic hydroxyl groups excluding tert-OH is 1. The Morgan fingerprint density at radius 1 is 0.978 bits per heavy atom. The molecule has 2 N–H and O–H groups in total. The number of Topliss-reactive ketones (excluding diaryl/α,β-unsaturated/α-hetero) is 1. The van der Waals surface area contributed by atoms with Gasteiger partial charge in [0.05, 0.1) is 22.8 Å². The van der Waals surface area contributed by atoms with Crippen LogP contribution in [-0.4, -0.2) is 76.1 Å². The van der Waals surface area contributed by atoms with Crippen molar-refractivity contribution < 1.29 is 24.2 Å². The lowest BCUT2D eigenvalue weighted by Gasteiger charge is -2.71. The number of carbonyl (C=O) groups is 2. The summed E-state index contributed by atoms with van der Waals surface area (Å²) in [5.41, 5.74) is -1.10. The first-order valence-electron chi connectivity index (χ1n) is 17.0. The van der Waals surface area contributed by atoms with E-state index >= 15 is 0 Å². The Morgan fingerprint density at radius 2 is 1.71 bits per heavy atom. The number of furan rings is 1. The summed E-state index contributed by atoms with van der Waals surface area (Å²) in [7, 11) is 0. The quantitative estimate of drug-likeness (QED) is 0.317. The van der Waals surface area contributed by atoms with Crippen molar-refractivity contribution in [2.24, 2.45) is 33.5 Å². The monoisotopic (exact) mass is 630 g/mol.